The van der Waals surface area contributed by atoms with Gasteiger partial charge in [0.2, 0.25) is 0 Å². The predicted molar refractivity (Wildman–Crippen MR) is 119 cm³/mol. The van der Waals surface area contributed by atoms with Crippen molar-refractivity contribution in [2.45, 2.75) is 26.4 Å². The van der Waals surface area contributed by atoms with Crippen LogP contribution in [0.2, 0.25) is 0 Å². The number of carbonyl (C=O) groups is 2. The third kappa shape index (κ3) is 3.72. The van der Waals surface area contributed by atoms with Crippen LogP contribution in [0.15, 0.2) is 59.6 Å². The lowest BCUT2D eigenvalue weighted by Crippen LogP contribution is -2.29. The molecule has 3 aromatic rings. The van der Waals surface area contributed by atoms with E-state index < -0.39 is 17.7 Å². The number of hydrogen-bond acceptors (Lipinski definition) is 6. The Morgan fingerprint density at radius 1 is 1.19 bits per heavy atom. The molecule has 3 heterocycles. The number of aliphatic hydroxyl groups excluding tert-OH is 1. The second kappa shape index (κ2) is 8.35. The fraction of sp³-hybridized carbons (Fsp3) is 0.208. The van der Waals surface area contributed by atoms with Crippen LogP contribution >= 0.6 is 11.3 Å². The summed E-state index contributed by atoms with van der Waals surface area (Å²) in [6, 6.07) is 12.0. The van der Waals surface area contributed by atoms with Crippen molar-refractivity contribution in [1.29, 1.82) is 0 Å². The summed E-state index contributed by atoms with van der Waals surface area (Å²) < 4.78 is 5.40. The van der Waals surface area contributed by atoms with Gasteiger partial charge in [-0.3, -0.25) is 14.6 Å². The molecule has 1 aliphatic heterocycles. The Balaban J connectivity index is 1.91. The first-order valence-electron chi connectivity index (χ1n) is 9.79. The molecule has 1 aliphatic rings. The first kappa shape index (κ1) is 20.8. The van der Waals surface area contributed by atoms with Crippen molar-refractivity contribution in [3.63, 3.8) is 0 Å². The fourth-order valence-electron chi connectivity index (χ4n) is 3.80. The monoisotopic (exact) mass is 434 g/mol. The summed E-state index contributed by atoms with van der Waals surface area (Å²) in [5, 5.41) is 13.2. The first-order valence-corrected chi connectivity index (χ1v) is 10.7. The van der Waals surface area contributed by atoms with Gasteiger partial charge in [0, 0.05) is 11.1 Å². The number of methoxy groups -OCH3 is 1. The van der Waals surface area contributed by atoms with Crippen molar-refractivity contribution in [3.8, 4) is 5.75 Å². The van der Waals surface area contributed by atoms with Crippen LogP contribution in [0.3, 0.4) is 0 Å². The molecule has 1 aromatic carbocycles. The molecule has 1 amide bonds. The summed E-state index contributed by atoms with van der Waals surface area (Å²) in [4.78, 5) is 32.9. The number of amides is 1. The van der Waals surface area contributed by atoms with E-state index in [1.165, 1.54) is 23.3 Å². The average Bonchev–Trinajstić information content (AvgIpc) is 3.30. The van der Waals surface area contributed by atoms with Gasteiger partial charge in [0.25, 0.3) is 11.7 Å². The van der Waals surface area contributed by atoms with Crippen molar-refractivity contribution < 1.29 is 19.4 Å². The molecular weight excluding hydrogens is 412 g/mol. The lowest BCUT2D eigenvalue weighted by atomic mass is 9.97. The number of rotatable bonds is 5. The number of benzene rings is 1. The van der Waals surface area contributed by atoms with E-state index in [4.69, 9.17) is 4.74 Å². The summed E-state index contributed by atoms with van der Waals surface area (Å²) in [6.45, 7) is 3.98. The lowest BCUT2D eigenvalue weighted by Gasteiger charge is -2.24. The Hall–Kier alpha value is -3.45. The molecule has 31 heavy (non-hydrogen) atoms. The van der Waals surface area contributed by atoms with E-state index in [0.29, 0.717) is 17.0 Å². The number of aromatic nitrogens is 1. The zero-order valence-corrected chi connectivity index (χ0v) is 18.3. The average molecular weight is 435 g/mol. The Labute approximate surface area is 184 Å². The number of ketones is 1. The molecule has 0 aliphatic carbocycles. The van der Waals surface area contributed by atoms with Gasteiger partial charge in [0.05, 0.1) is 30.5 Å². The van der Waals surface area contributed by atoms with E-state index in [-0.39, 0.29) is 17.9 Å². The molecule has 0 radical (unpaired) electrons. The molecule has 1 fully saturated rings. The van der Waals surface area contributed by atoms with Gasteiger partial charge in [0.15, 0.2) is 0 Å². The molecule has 6 nitrogen and oxygen atoms in total. The Kier molecular flexibility index (Phi) is 5.61. The molecule has 4 rings (SSSR count). The second-order valence-corrected chi connectivity index (χ2v) is 8.37. The second-order valence-electron chi connectivity index (χ2n) is 7.42. The van der Waals surface area contributed by atoms with Crippen molar-refractivity contribution in [2.75, 3.05) is 7.11 Å². The van der Waals surface area contributed by atoms with Crippen LogP contribution in [0.25, 0.3) is 5.76 Å². The molecule has 0 bridgehead atoms. The molecule has 1 atom stereocenters. The standard InChI is InChI=1S/C24H22N2O4S/c1-14-7-8-18(30-3)17(12-14)21(27)19-20(23-15(2)9-11-31-23)26(24(29)22(19)28)13-16-6-4-5-10-25-16/h4-12,20,27H,13H2,1-3H3/b21-19+. The van der Waals surface area contributed by atoms with Gasteiger partial charge in [-0.1, -0.05) is 17.7 Å². The van der Waals surface area contributed by atoms with Gasteiger partial charge >= 0.3 is 0 Å². The minimum absolute atomic E-state index is 0.0652. The van der Waals surface area contributed by atoms with E-state index >= 15 is 0 Å². The van der Waals surface area contributed by atoms with E-state index in [2.05, 4.69) is 4.98 Å². The minimum atomic E-state index is -0.713. The van der Waals surface area contributed by atoms with E-state index in [1.54, 1.807) is 30.5 Å². The summed E-state index contributed by atoms with van der Waals surface area (Å²) in [6.07, 6.45) is 1.65. The molecule has 1 unspecified atom stereocenters. The van der Waals surface area contributed by atoms with Crippen molar-refractivity contribution in [3.05, 3.63) is 86.9 Å². The highest BCUT2D eigenvalue weighted by atomic mass is 32.1. The van der Waals surface area contributed by atoms with Crippen LogP contribution in [0.1, 0.15) is 33.3 Å². The van der Waals surface area contributed by atoms with Crippen LogP contribution in [0.4, 0.5) is 0 Å². The summed E-state index contributed by atoms with van der Waals surface area (Å²) in [7, 11) is 1.50. The number of aryl methyl sites for hydroxylation is 2. The molecule has 7 heteroatoms. The fourth-order valence-corrected chi connectivity index (χ4v) is 4.85. The number of nitrogens with zero attached hydrogens (tertiary/aromatic N) is 2. The van der Waals surface area contributed by atoms with E-state index in [0.717, 1.165) is 16.0 Å². The molecule has 2 aromatic heterocycles. The minimum Gasteiger partial charge on any atom is -0.507 e. The topological polar surface area (TPSA) is 79.7 Å². The van der Waals surface area contributed by atoms with Crippen LogP contribution in [-0.4, -0.2) is 33.8 Å². The summed E-state index contributed by atoms with van der Waals surface area (Å²) in [5.41, 5.74) is 2.96. The predicted octanol–water partition coefficient (Wildman–Crippen LogP) is 4.39. The normalized spacial score (nSPS) is 17.9. The lowest BCUT2D eigenvalue weighted by molar-refractivity contribution is -0.140. The molecule has 1 saturated heterocycles. The summed E-state index contributed by atoms with van der Waals surface area (Å²) in [5.74, 6) is -1.17. The molecular formula is C24H22N2O4S. The highest BCUT2D eigenvalue weighted by molar-refractivity contribution is 7.10. The van der Waals surface area contributed by atoms with Crippen molar-refractivity contribution in [1.82, 2.24) is 9.88 Å². The van der Waals surface area contributed by atoms with Crippen LogP contribution < -0.4 is 4.74 Å². The molecule has 1 N–H and O–H groups in total. The maximum atomic E-state index is 13.2. The van der Waals surface area contributed by atoms with Gasteiger partial charge < -0.3 is 14.7 Å². The highest BCUT2D eigenvalue weighted by Gasteiger charge is 2.47. The van der Waals surface area contributed by atoms with Crippen molar-refractivity contribution >= 4 is 28.8 Å². The van der Waals surface area contributed by atoms with Gasteiger partial charge in [-0.25, -0.2) is 0 Å². The van der Waals surface area contributed by atoms with Crippen LogP contribution in [0.5, 0.6) is 5.75 Å². The summed E-state index contributed by atoms with van der Waals surface area (Å²) >= 11 is 1.45. The Bertz CT molecular complexity index is 1180. The van der Waals surface area contributed by atoms with Gasteiger partial charge in [-0.15, -0.1) is 11.3 Å². The maximum Gasteiger partial charge on any atom is 0.296 e. The molecule has 0 saturated carbocycles. The Morgan fingerprint density at radius 3 is 2.65 bits per heavy atom. The number of carbonyl (C=O) groups excluding carboxylic acids is 2. The smallest absolute Gasteiger partial charge is 0.296 e. The Morgan fingerprint density at radius 2 is 2.00 bits per heavy atom. The van der Waals surface area contributed by atoms with Crippen molar-refractivity contribution in [2.24, 2.45) is 0 Å². The number of thiophene rings is 1. The van der Waals surface area contributed by atoms with Gasteiger partial charge in [0.1, 0.15) is 17.6 Å². The highest BCUT2D eigenvalue weighted by Crippen LogP contribution is 2.44. The number of ether oxygens (including phenoxy) is 1. The number of aliphatic hydroxyl groups is 1. The van der Waals surface area contributed by atoms with Crippen LogP contribution in [0, 0.1) is 13.8 Å². The third-order valence-electron chi connectivity index (χ3n) is 5.36. The zero-order valence-electron chi connectivity index (χ0n) is 17.5. The molecule has 158 valence electrons. The first-order chi connectivity index (χ1) is 14.9. The quantitative estimate of drug-likeness (QED) is 0.366. The van der Waals surface area contributed by atoms with Gasteiger partial charge in [-0.05, 0) is 55.1 Å². The number of hydrogen-bond donors (Lipinski definition) is 1. The number of likely N-dealkylation sites (tertiary alicyclic amines) is 1. The van der Waals surface area contributed by atoms with E-state index in [1.807, 2.05) is 37.4 Å². The number of Topliss-reactive ketones (excluding diaryl/α,β-unsaturated/α-hetero) is 1. The largest absolute Gasteiger partial charge is 0.507 e. The zero-order chi connectivity index (χ0) is 22.1. The third-order valence-corrected chi connectivity index (χ3v) is 6.43. The van der Waals surface area contributed by atoms with Gasteiger partial charge in [-0.2, -0.15) is 0 Å². The maximum absolute atomic E-state index is 13.2. The molecule has 0 spiro atoms. The van der Waals surface area contributed by atoms with E-state index in [9.17, 15) is 14.7 Å². The number of pyridine rings is 1. The van der Waals surface area contributed by atoms with Crippen LogP contribution in [-0.2, 0) is 16.1 Å². The SMILES string of the molecule is COc1ccc(C)cc1/C(O)=C1\C(=O)C(=O)N(Cc2ccccn2)C1c1sccc1C.